The molecule has 2 aromatic carbocycles. The van der Waals surface area contributed by atoms with Crippen LogP contribution in [0.5, 0.6) is 5.75 Å². The van der Waals surface area contributed by atoms with Gasteiger partial charge in [-0.05, 0) is 36.4 Å². The van der Waals surface area contributed by atoms with Crippen LogP contribution in [0.15, 0.2) is 58.6 Å². The second-order valence-electron chi connectivity index (χ2n) is 4.39. The van der Waals surface area contributed by atoms with Crippen LogP contribution in [0, 0.1) is 0 Å². The molecule has 6 heteroatoms. The molecule has 0 saturated carbocycles. The van der Waals surface area contributed by atoms with E-state index in [4.69, 9.17) is 21.2 Å². The van der Waals surface area contributed by atoms with Gasteiger partial charge >= 0.3 is 0 Å². The fourth-order valence-electron chi connectivity index (χ4n) is 1.85. The van der Waals surface area contributed by atoms with Crippen LogP contribution < -0.4 is 4.74 Å². The number of hydrogen-bond acceptors (Lipinski definition) is 4. The van der Waals surface area contributed by atoms with E-state index in [1.165, 1.54) is 7.11 Å². The molecule has 0 fully saturated rings. The first-order chi connectivity index (χ1) is 10.6. The predicted molar refractivity (Wildman–Crippen MR) is 89.3 cm³/mol. The average molecular weight is 338 g/mol. The van der Waals surface area contributed by atoms with E-state index in [2.05, 4.69) is 5.16 Å². The average Bonchev–Trinajstić information content (AvgIpc) is 2.55. The minimum Gasteiger partial charge on any atom is -0.497 e. The Labute approximate surface area is 137 Å². The Balaban J connectivity index is 2.18. The molecule has 0 radical (unpaired) electrons. The van der Waals surface area contributed by atoms with Crippen molar-refractivity contribution in [1.29, 1.82) is 0 Å². The van der Waals surface area contributed by atoms with E-state index in [1.807, 2.05) is 12.1 Å². The Morgan fingerprint density at radius 3 is 2.27 bits per heavy atom. The van der Waals surface area contributed by atoms with E-state index in [1.54, 1.807) is 43.5 Å². The lowest BCUT2D eigenvalue weighted by Gasteiger charge is -2.07. The summed E-state index contributed by atoms with van der Waals surface area (Å²) in [5.74, 6) is 0.978. The highest BCUT2D eigenvalue weighted by Crippen LogP contribution is 2.16. The number of ether oxygens (including phenoxy) is 1. The Morgan fingerprint density at radius 1 is 1.09 bits per heavy atom. The van der Waals surface area contributed by atoms with Gasteiger partial charge in [0.2, 0.25) is 0 Å². The molecule has 0 aromatic heterocycles. The first kappa shape index (κ1) is 16.5. The van der Waals surface area contributed by atoms with Gasteiger partial charge in [-0.3, -0.25) is 4.21 Å². The van der Waals surface area contributed by atoms with Gasteiger partial charge in [-0.25, -0.2) is 0 Å². The minimum absolute atomic E-state index is 0.252. The molecule has 0 unspecified atom stereocenters. The van der Waals surface area contributed by atoms with Crippen LogP contribution in [0.25, 0.3) is 0 Å². The van der Waals surface area contributed by atoms with Crippen molar-refractivity contribution in [2.24, 2.45) is 5.16 Å². The smallest absolute Gasteiger partial charge is 0.118 e. The number of oxime groups is 1. The molecule has 22 heavy (non-hydrogen) atoms. The van der Waals surface area contributed by atoms with E-state index >= 15 is 0 Å². The second-order valence-corrected chi connectivity index (χ2v) is 6.28. The largest absolute Gasteiger partial charge is 0.497 e. The van der Waals surface area contributed by atoms with Crippen molar-refractivity contribution in [3.05, 3.63) is 59.1 Å². The molecule has 0 aliphatic rings. The highest BCUT2D eigenvalue weighted by molar-refractivity contribution is 7.85. The van der Waals surface area contributed by atoms with Crippen LogP contribution in [0.3, 0.4) is 0 Å². The highest BCUT2D eigenvalue weighted by Gasteiger charge is 2.12. The first-order valence-corrected chi connectivity index (χ1v) is 8.22. The van der Waals surface area contributed by atoms with Crippen molar-refractivity contribution in [3.8, 4) is 5.75 Å². The summed E-state index contributed by atoms with van der Waals surface area (Å²) in [6.07, 6.45) is 0. The zero-order valence-electron chi connectivity index (χ0n) is 12.3. The Morgan fingerprint density at radius 2 is 1.73 bits per heavy atom. The van der Waals surface area contributed by atoms with Crippen molar-refractivity contribution >= 4 is 28.1 Å². The quantitative estimate of drug-likeness (QED) is 0.598. The van der Waals surface area contributed by atoms with E-state index < -0.39 is 10.8 Å². The van der Waals surface area contributed by atoms with Gasteiger partial charge in [0.25, 0.3) is 0 Å². The third-order valence-corrected chi connectivity index (χ3v) is 4.55. The molecule has 1 atom stereocenters. The van der Waals surface area contributed by atoms with Gasteiger partial charge in [-0.2, -0.15) is 0 Å². The monoisotopic (exact) mass is 337 g/mol. The molecule has 0 saturated heterocycles. The maximum absolute atomic E-state index is 12.5. The predicted octanol–water partition coefficient (Wildman–Crippen LogP) is 3.51. The first-order valence-electron chi connectivity index (χ1n) is 6.52. The molecule has 116 valence electrons. The summed E-state index contributed by atoms with van der Waals surface area (Å²) in [7, 11) is 1.83. The molecule has 2 rings (SSSR count). The standard InChI is InChI=1S/C16H16ClNO3S/c1-20-14-7-9-15(10-8-14)22(19)11-16(18-21-2)12-3-5-13(17)6-4-12/h3-10H,11H2,1-2H3/b18-16+/t22-/m1/s1. The van der Waals surface area contributed by atoms with Gasteiger partial charge < -0.3 is 9.57 Å². The molecule has 0 aliphatic heterocycles. The molecule has 0 amide bonds. The van der Waals surface area contributed by atoms with Gasteiger partial charge in [0, 0.05) is 15.5 Å². The fourth-order valence-corrected chi connectivity index (χ4v) is 3.05. The molecule has 2 aromatic rings. The number of halogens is 1. The molecular weight excluding hydrogens is 322 g/mol. The van der Waals surface area contributed by atoms with E-state index in [9.17, 15) is 4.21 Å². The summed E-state index contributed by atoms with van der Waals surface area (Å²) in [5.41, 5.74) is 1.43. The Hall–Kier alpha value is -1.85. The van der Waals surface area contributed by atoms with Gasteiger partial charge in [-0.15, -0.1) is 0 Å². The van der Waals surface area contributed by atoms with Crippen molar-refractivity contribution in [2.45, 2.75) is 4.90 Å². The minimum atomic E-state index is -1.23. The molecule has 0 spiro atoms. The Bertz CT molecular complexity index is 669. The maximum atomic E-state index is 12.5. The topological polar surface area (TPSA) is 47.9 Å². The molecule has 0 aliphatic carbocycles. The summed E-state index contributed by atoms with van der Waals surface area (Å²) in [5, 5.41) is 4.62. The van der Waals surface area contributed by atoms with Crippen LogP contribution >= 0.6 is 11.6 Å². The third kappa shape index (κ3) is 4.32. The number of methoxy groups -OCH3 is 1. The van der Waals surface area contributed by atoms with Gasteiger partial charge in [-0.1, -0.05) is 28.9 Å². The SMILES string of the molecule is CO/N=C(\C[S@@](=O)c1ccc(OC)cc1)c1ccc(Cl)cc1. The Kier molecular flexibility index (Phi) is 5.98. The molecular formula is C16H16ClNO3S. The van der Waals surface area contributed by atoms with Gasteiger partial charge in [0.1, 0.15) is 12.9 Å². The zero-order chi connectivity index (χ0) is 15.9. The van der Waals surface area contributed by atoms with E-state index in [0.717, 1.165) is 11.3 Å². The van der Waals surface area contributed by atoms with E-state index in [0.29, 0.717) is 15.6 Å². The summed E-state index contributed by atoms with van der Waals surface area (Å²) in [6, 6.07) is 14.3. The third-order valence-electron chi connectivity index (χ3n) is 2.97. The summed E-state index contributed by atoms with van der Waals surface area (Å²) in [4.78, 5) is 5.57. The van der Waals surface area contributed by atoms with Crippen molar-refractivity contribution < 1.29 is 13.8 Å². The number of benzene rings is 2. The highest BCUT2D eigenvalue weighted by atomic mass is 35.5. The van der Waals surface area contributed by atoms with Crippen LogP contribution in [0.2, 0.25) is 5.02 Å². The van der Waals surface area contributed by atoms with Gasteiger partial charge in [0.05, 0.1) is 29.4 Å². The molecule has 0 heterocycles. The van der Waals surface area contributed by atoms with E-state index in [-0.39, 0.29) is 5.75 Å². The second kappa shape index (κ2) is 7.96. The molecule has 0 bridgehead atoms. The van der Waals surface area contributed by atoms with Gasteiger partial charge in [0.15, 0.2) is 0 Å². The maximum Gasteiger partial charge on any atom is 0.118 e. The van der Waals surface area contributed by atoms with Crippen LogP contribution in [0.1, 0.15) is 5.56 Å². The van der Waals surface area contributed by atoms with Crippen molar-refractivity contribution in [3.63, 3.8) is 0 Å². The summed E-state index contributed by atoms with van der Waals surface area (Å²) < 4.78 is 17.6. The number of rotatable bonds is 6. The molecule has 4 nitrogen and oxygen atoms in total. The summed E-state index contributed by atoms with van der Waals surface area (Å²) in [6.45, 7) is 0. The van der Waals surface area contributed by atoms with Crippen molar-refractivity contribution in [1.82, 2.24) is 0 Å². The lowest BCUT2D eigenvalue weighted by Crippen LogP contribution is -2.13. The van der Waals surface area contributed by atoms with Crippen LogP contribution in [0.4, 0.5) is 0 Å². The summed E-state index contributed by atoms with van der Waals surface area (Å²) >= 11 is 5.88. The number of nitrogens with zero attached hydrogens (tertiary/aromatic N) is 1. The van der Waals surface area contributed by atoms with Crippen molar-refractivity contribution in [2.75, 3.05) is 20.0 Å². The van der Waals surface area contributed by atoms with Crippen LogP contribution in [-0.4, -0.2) is 29.9 Å². The normalized spacial score (nSPS) is 12.8. The fraction of sp³-hybridized carbons (Fsp3) is 0.188. The van der Waals surface area contributed by atoms with Crippen LogP contribution in [-0.2, 0) is 15.6 Å². The lowest BCUT2D eigenvalue weighted by molar-refractivity contribution is 0.213. The number of hydrogen-bond donors (Lipinski definition) is 0. The zero-order valence-corrected chi connectivity index (χ0v) is 13.9. The molecule has 0 N–H and O–H groups in total. The lowest BCUT2D eigenvalue weighted by atomic mass is 10.1.